The number of nitrogens with one attached hydrogen (secondary N) is 1. The quantitative estimate of drug-likeness (QED) is 0.780. The highest BCUT2D eigenvalue weighted by Gasteiger charge is 2.22. The van der Waals surface area contributed by atoms with E-state index >= 15 is 0 Å². The molecule has 0 aliphatic rings. The fourth-order valence-corrected chi connectivity index (χ4v) is 2.93. The van der Waals surface area contributed by atoms with Gasteiger partial charge in [0.25, 0.3) is 0 Å². The summed E-state index contributed by atoms with van der Waals surface area (Å²) < 4.78 is 0. The van der Waals surface area contributed by atoms with Crippen LogP contribution in [0.4, 0.5) is 0 Å². The number of hydrogen-bond donors (Lipinski definition) is 1. The first-order valence-corrected chi connectivity index (χ1v) is 7.89. The summed E-state index contributed by atoms with van der Waals surface area (Å²) in [5.41, 5.74) is 3.98. The van der Waals surface area contributed by atoms with Crippen LogP contribution in [0.25, 0.3) is 0 Å². The Labute approximate surface area is 124 Å². The summed E-state index contributed by atoms with van der Waals surface area (Å²) in [6.07, 6.45) is 3.78. The third kappa shape index (κ3) is 4.66. The molecular formula is C18H29NO. The molecule has 0 heterocycles. The molecule has 1 rings (SSSR count). The van der Waals surface area contributed by atoms with Crippen molar-refractivity contribution in [2.75, 3.05) is 0 Å². The van der Waals surface area contributed by atoms with E-state index in [2.05, 4.69) is 51.2 Å². The van der Waals surface area contributed by atoms with E-state index in [4.69, 9.17) is 0 Å². The maximum absolute atomic E-state index is 11.7. The first-order valence-electron chi connectivity index (χ1n) is 7.89. The lowest BCUT2D eigenvalue weighted by Gasteiger charge is -2.28. The molecule has 0 saturated heterocycles. The van der Waals surface area contributed by atoms with Crippen LogP contribution in [0.2, 0.25) is 0 Å². The van der Waals surface area contributed by atoms with Crippen molar-refractivity contribution in [1.82, 2.24) is 5.32 Å². The van der Waals surface area contributed by atoms with Gasteiger partial charge in [0, 0.05) is 18.4 Å². The molecule has 2 heteroatoms. The number of rotatable bonds is 7. The lowest BCUT2D eigenvalue weighted by molar-refractivity contribution is -0.121. The van der Waals surface area contributed by atoms with Gasteiger partial charge in [-0.2, -0.15) is 0 Å². The molecule has 0 aromatic heterocycles. The lowest BCUT2D eigenvalue weighted by Crippen LogP contribution is -2.38. The van der Waals surface area contributed by atoms with Gasteiger partial charge in [-0.25, -0.2) is 0 Å². The van der Waals surface area contributed by atoms with E-state index in [9.17, 15) is 4.79 Å². The fraction of sp³-hybridized carbons (Fsp3) is 0.611. The average molecular weight is 275 g/mol. The normalized spacial score (nSPS) is 13.8. The molecule has 1 aromatic carbocycles. The van der Waals surface area contributed by atoms with Gasteiger partial charge in [0.05, 0.1) is 0 Å². The van der Waals surface area contributed by atoms with Crippen molar-refractivity contribution in [1.29, 1.82) is 0 Å². The zero-order valence-corrected chi connectivity index (χ0v) is 13.6. The Balaban J connectivity index is 3.03. The molecule has 0 radical (unpaired) electrons. The third-order valence-electron chi connectivity index (χ3n) is 3.86. The van der Waals surface area contributed by atoms with Gasteiger partial charge in [-0.1, -0.05) is 56.5 Å². The van der Waals surface area contributed by atoms with Crippen LogP contribution in [0.3, 0.4) is 0 Å². The van der Waals surface area contributed by atoms with E-state index < -0.39 is 0 Å². The molecule has 1 amide bonds. The second-order valence-corrected chi connectivity index (χ2v) is 5.75. The van der Waals surface area contributed by atoms with Gasteiger partial charge in [-0.3, -0.25) is 4.79 Å². The topological polar surface area (TPSA) is 29.1 Å². The van der Waals surface area contributed by atoms with Crippen molar-refractivity contribution in [3.63, 3.8) is 0 Å². The molecule has 1 N–H and O–H groups in total. The summed E-state index contributed by atoms with van der Waals surface area (Å²) >= 11 is 0. The molecule has 0 saturated carbocycles. The first-order chi connectivity index (χ1) is 9.51. The molecule has 0 aliphatic carbocycles. The van der Waals surface area contributed by atoms with Crippen LogP contribution in [0, 0.1) is 13.8 Å². The highest BCUT2D eigenvalue weighted by Crippen LogP contribution is 2.28. The van der Waals surface area contributed by atoms with E-state index in [-0.39, 0.29) is 11.9 Å². The third-order valence-corrected chi connectivity index (χ3v) is 3.86. The van der Waals surface area contributed by atoms with E-state index in [1.165, 1.54) is 16.7 Å². The number of carbonyl (C=O) groups excluding carboxylic acids is 1. The molecule has 0 aliphatic heterocycles. The zero-order valence-electron chi connectivity index (χ0n) is 13.6. The van der Waals surface area contributed by atoms with Crippen molar-refractivity contribution < 1.29 is 4.79 Å². The van der Waals surface area contributed by atoms with Crippen molar-refractivity contribution in [3.8, 4) is 0 Å². The van der Waals surface area contributed by atoms with Gasteiger partial charge in [0.2, 0.25) is 5.91 Å². The average Bonchev–Trinajstić information content (AvgIpc) is 2.41. The minimum Gasteiger partial charge on any atom is -0.353 e. The van der Waals surface area contributed by atoms with Gasteiger partial charge in [-0.15, -0.1) is 0 Å². The highest BCUT2D eigenvalue weighted by molar-refractivity contribution is 5.76. The van der Waals surface area contributed by atoms with Gasteiger partial charge < -0.3 is 5.32 Å². The van der Waals surface area contributed by atoms with E-state index in [1.807, 2.05) is 6.92 Å². The fourth-order valence-electron chi connectivity index (χ4n) is 2.93. The number of aryl methyl sites for hydroxylation is 2. The predicted molar refractivity (Wildman–Crippen MR) is 86.1 cm³/mol. The van der Waals surface area contributed by atoms with Crippen LogP contribution >= 0.6 is 0 Å². The van der Waals surface area contributed by atoms with Crippen LogP contribution in [0.1, 0.15) is 69.1 Å². The summed E-state index contributed by atoms with van der Waals surface area (Å²) in [5, 5.41) is 3.20. The van der Waals surface area contributed by atoms with Crippen LogP contribution in [-0.4, -0.2) is 11.9 Å². The second kappa shape index (κ2) is 8.08. The minimum absolute atomic E-state index is 0.155. The Morgan fingerprint density at radius 2 is 1.70 bits per heavy atom. The number of amides is 1. The van der Waals surface area contributed by atoms with E-state index in [0.29, 0.717) is 12.3 Å². The summed E-state index contributed by atoms with van der Waals surface area (Å²) in [6, 6.07) is 6.99. The standard InChI is InChI=1S/C18H29NO/c1-6-9-16(17(7-2)19-18(20)8-3)15-11-13(4)10-14(5)12-15/h10-12,16-17H,6-9H2,1-5H3,(H,19,20)/t16-,17+/m0/s1. The lowest BCUT2D eigenvalue weighted by atomic mass is 9.84. The molecule has 0 spiro atoms. The van der Waals surface area contributed by atoms with Crippen LogP contribution in [-0.2, 0) is 4.79 Å². The largest absolute Gasteiger partial charge is 0.353 e. The second-order valence-electron chi connectivity index (χ2n) is 5.75. The molecule has 20 heavy (non-hydrogen) atoms. The van der Waals surface area contributed by atoms with Crippen molar-refractivity contribution in [2.24, 2.45) is 0 Å². The van der Waals surface area contributed by atoms with E-state index in [1.54, 1.807) is 0 Å². The van der Waals surface area contributed by atoms with Crippen LogP contribution in [0.15, 0.2) is 18.2 Å². The Hall–Kier alpha value is -1.31. The SMILES string of the molecule is CCC[C@@H](c1cc(C)cc(C)c1)[C@@H](CC)NC(=O)CC. The Morgan fingerprint density at radius 3 is 2.15 bits per heavy atom. The molecule has 1 aromatic rings. The number of carbonyl (C=O) groups is 1. The smallest absolute Gasteiger partial charge is 0.219 e. The summed E-state index contributed by atoms with van der Waals surface area (Å²) in [4.78, 5) is 11.7. The molecule has 2 atom stereocenters. The first kappa shape index (κ1) is 16.7. The van der Waals surface area contributed by atoms with E-state index in [0.717, 1.165) is 19.3 Å². The van der Waals surface area contributed by atoms with Gasteiger partial charge in [-0.05, 0) is 32.3 Å². The predicted octanol–water partition coefficient (Wildman–Crippen LogP) is 4.49. The Morgan fingerprint density at radius 1 is 1.10 bits per heavy atom. The Kier molecular flexibility index (Phi) is 6.77. The number of benzene rings is 1. The molecule has 0 fully saturated rings. The summed E-state index contributed by atoms with van der Waals surface area (Å²) in [7, 11) is 0. The molecule has 112 valence electrons. The molecule has 0 bridgehead atoms. The maximum atomic E-state index is 11.7. The summed E-state index contributed by atoms with van der Waals surface area (Å²) in [6.45, 7) is 10.6. The maximum Gasteiger partial charge on any atom is 0.219 e. The van der Waals surface area contributed by atoms with Gasteiger partial charge in [0.1, 0.15) is 0 Å². The molecule has 2 nitrogen and oxygen atoms in total. The molecular weight excluding hydrogens is 246 g/mol. The van der Waals surface area contributed by atoms with Gasteiger partial charge >= 0.3 is 0 Å². The molecule has 0 unspecified atom stereocenters. The van der Waals surface area contributed by atoms with Crippen molar-refractivity contribution >= 4 is 5.91 Å². The number of hydrogen-bond acceptors (Lipinski definition) is 1. The Bertz CT molecular complexity index is 419. The van der Waals surface area contributed by atoms with Crippen LogP contribution in [0.5, 0.6) is 0 Å². The highest BCUT2D eigenvalue weighted by atomic mass is 16.1. The van der Waals surface area contributed by atoms with Crippen molar-refractivity contribution in [3.05, 3.63) is 34.9 Å². The van der Waals surface area contributed by atoms with Crippen LogP contribution < -0.4 is 5.32 Å². The monoisotopic (exact) mass is 275 g/mol. The van der Waals surface area contributed by atoms with Gasteiger partial charge in [0.15, 0.2) is 0 Å². The summed E-state index contributed by atoms with van der Waals surface area (Å²) in [5.74, 6) is 0.571. The minimum atomic E-state index is 0.155. The zero-order chi connectivity index (χ0) is 15.1. The van der Waals surface area contributed by atoms with Crippen molar-refractivity contribution in [2.45, 2.75) is 72.3 Å².